The van der Waals surface area contributed by atoms with Crippen LogP contribution in [0.1, 0.15) is 0 Å². The Morgan fingerprint density at radius 3 is 2.35 bits per heavy atom. The largest absolute Gasteiger partial charge is 0.497 e. The van der Waals surface area contributed by atoms with Crippen LogP contribution in [0, 0.1) is 5.82 Å². The third-order valence-corrected chi connectivity index (χ3v) is 3.52. The van der Waals surface area contributed by atoms with Crippen molar-refractivity contribution in [2.75, 3.05) is 30.9 Å². The molecule has 0 aliphatic carbocycles. The molecule has 3 rings (SSSR count). The van der Waals surface area contributed by atoms with Gasteiger partial charge in [0.1, 0.15) is 41.9 Å². The topological polar surface area (TPSA) is 68.3 Å². The van der Waals surface area contributed by atoms with E-state index in [1.54, 1.807) is 25.3 Å². The van der Waals surface area contributed by atoms with E-state index < -0.39 is 0 Å². The Bertz CT molecular complexity index is 826. The molecule has 6 nitrogen and oxygen atoms in total. The molecule has 134 valence electrons. The van der Waals surface area contributed by atoms with E-state index in [-0.39, 0.29) is 5.82 Å². The Hall–Kier alpha value is -3.35. The maximum absolute atomic E-state index is 12.9. The highest BCUT2D eigenvalue weighted by atomic mass is 19.1. The molecule has 7 heteroatoms. The van der Waals surface area contributed by atoms with E-state index in [0.29, 0.717) is 24.8 Å². The van der Waals surface area contributed by atoms with Gasteiger partial charge in [0.2, 0.25) is 0 Å². The molecule has 2 aromatic carbocycles. The lowest BCUT2D eigenvalue weighted by Gasteiger charge is -2.10. The highest BCUT2D eigenvalue weighted by Gasteiger charge is 2.01. The molecule has 26 heavy (non-hydrogen) atoms. The zero-order chi connectivity index (χ0) is 18.2. The normalized spacial score (nSPS) is 10.2. The smallest absolute Gasteiger partial charge is 0.135 e. The van der Waals surface area contributed by atoms with E-state index in [0.717, 1.165) is 17.2 Å². The van der Waals surface area contributed by atoms with Gasteiger partial charge in [-0.2, -0.15) is 0 Å². The van der Waals surface area contributed by atoms with Crippen molar-refractivity contribution >= 4 is 17.3 Å². The Balaban J connectivity index is 1.48. The van der Waals surface area contributed by atoms with E-state index in [2.05, 4.69) is 20.6 Å². The molecule has 0 unspecified atom stereocenters. The summed E-state index contributed by atoms with van der Waals surface area (Å²) in [5.41, 5.74) is 0.749. The Labute approximate surface area is 151 Å². The van der Waals surface area contributed by atoms with Gasteiger partial charge in [-0.05, 0) is 48.5 Å². The lowest BCUT2D eigenvalue weighted by molar-refractivity contribution is 0.331. The summed E-state index contributed by atoms with van der Waals surface area (Å²) in [6.45, 7) is 1.07. The fourth-order valence-electron chi connectivity index (χ4n) is 2.22. The second-order valence-corrected chi connectivity index (χ2v) is 5.37. The van der Waals surface area contributed by atoms with Crippen LogP contribution in [0.25, 0.3) is 0 Å². The van der Waals surface area contributed by atoms with Crippen molar-refractivity contribution in [2.24, 2.45) is 0 Å². The van der Waals surface area contributed by atoms with Gasteiger partial charge in [-0.15, -0.1) is 0 Å². The van der Waals surface area contributed by atoms with Crippen LogP contribution in [-0.2, 0) is 0 Å². The minimum Gasteiger partial charge on any atom is -0.497 e. The van der Waals surface area contributed by atoms with Crippen molar-refractivity contribution in [2.45, 2.75) is 0 Å². The lowest BCUT2D eigenvalue weighted by Crippen LogP contribution is -2.12. The Morgan fingerprint density at radius 1 is 0.923 bits per heavy atom. The van der Waals surface area contributed by atoms with Gasteiger partial charge in [0, 0.05) is 11.8 Å². The summed E-state index contributed by atoms with van der Waals surface area (Å²) in [6, 6.07) is 15.2. The highest BCUT2D eigenvalue weighted by molar-refractivity contribution is 5.58. The van der Waals surface area contributed by atoms with Crippen molar-refractivity contribution in [3.8, 4) is 11.5 Å². The number of rotatable bonds is 8. The van der Waals surface area contributed by atoms with E-state index in [1.807, 2.05) is 24.3 Å². The zero-order valence-corrected chi connectivity index (χ0v) is 14.3. The third-order valence-electron chi connectivity index (χ3n) is 3.52. The van der Waals surface area contributed by atoms with Crippen LogP contribution in [0.4, 0.5) is 21.7 Å². The number of nitrogens with zero attached hydrogens (tertiary/aromatic N) is 2. The van der Waals surface area contributed by atoms with Crippen molar-refractivity contribution in [3.05, 3.63) is 66.7 Å². The molecule has 2 N–H and O–H groups in total. The molecular formula is C19H19FN4O2. The van der Waals surface area contributed by atoms with Crippen LogP contribution in [0.2, 0.25) is 0 Å². The maximum atomic E-state index is 12.9. The molecule has 0 bridgehead atoms. The van der Waals surface area contributed by atoms with E-state index >= 15 is 0 Å². The van der Waals surface area contributed by atoms with Crippen LogP contribution >= 0.6 is 0 Å². The van der Waals surface area contributed by atoms with Crippen LogP contribution in [0.3, 0.4) is 0 Å². The predicted octanol–water partition coefficient (Wildman–Crippen LogP) is 3.86. The second kappa shape index (κ2) is 8.66. The van der Waals surface area contributed by atoms with Gasteiger partial charge in [-0.3, -0.25) is 0 Å². The van der Waals surface area contributed by atoms with E-state index in [1.165, 1.54) is 18.5 Å². The first kappa shape index (κ1) is 17.5. The molecule has 0 spiro atoms. The summed E-state index contributed by atoms with van der Waals surface area (Å²) < 4.78 is 23.7. The number of hydrogen-bond donors (Lipinski definition) is 2. The average Bonchev–Trinajstić information content (AvgIpc) is 2.68. The van der Waals surface area contributed by atoms with Crippen molar-refractivity contribution in [3.63, 3.8) is 0 Å². The lowest BCUT2D eigenvalue weighted by atomic mass is 10.3. The third kappa shape index (κ3) is 5.07. The molecule has 0 atom stereocenters. The second-order valence-electron chi connectivity index (χ2n) is 5.37. The monoisotopic (exact) mass is 354 g/mol. The summed E-state index contributed by atoms with van der Waals surface area (Å²) in [6.07, 6.45) is 1.46. The molecule has 1 aromatic heterocycles. The molecular weight excluding hydrogens is 335 g/mol. The number of anilines is 3. The SMILES string of the molecule is COc1ccc(OCCNc2cc(Nc3ccc(F)cc3)ncn2)cc1. The fraction of sp³-hybridized carbons (Fsp3) is 0.158. The quantitative estimate of drug-likeness (QED) is 0.599. The fourth-order valence-corrected chi connectivity index (χ4v) is 2.22. The minimum absolute atomic E-state index is 0.280. The van der Waals surface area contributed by atoms with E-state index in [4.69, 9.17) is 9.47 Å². The van der Waals surface area contributed by atoms with Gasteiger partial charge in [0.25, 0.3) is 0 Å². The summed E-state index contributed by atoms with van der Waals surface area (Å²) in [4.78, 5) is 8.32. The summed E-state index contributed by atoms with van der Waals surface area (Å²) in [5.74, 6) is 2.57. The minimum atomic E-state index is -0.280. The standard InChI is InChI=1S/C19H19FN4O2/c1-25-16-6-8-17(9-7-16)26-11-10-21-18-12-19(23-13-22-18)24-15-4-2-14(20)3-5-15/h2-9,12-13H,10-11H2,1H3,(H2,21,22,23,24). The van der Waals surface area contributed by atoms with E-state index in [9.17, 15) is 4.39 Å². The average molecular weight is 354 g/mol. The molecule has 0 saturated carbocycles. The number of benzene rings is 2. The molecule has 0 fully saturated rings. The maximum Gasteiger partial charge on any atom is 0.135 e. The molecule has 0 amide bonds. The number of halogens is 1. The number of aromatic nitrogens is 2. The molecule has 0 aliphatic heterocycles. The Kier molecular flexibility index (Phi) is 5.82. The number of nitrogens with one attached hydrogen (secondary N) is 2. The summed E-state index contributed by atoms with van der Waals surface area (Å²) in [7, 11) is 1.63. The van der Waals surface area contributed by atoms with Crippen molar-refractivity contribution in [1.82, 2.24) is 9.97 Å². The highest BCUT2D eigenvalue weighted by Crippen LogP contribution is 2.18. The van der Waals surface area contributed by atoms with Gasteiger partial charge in [-0.1, -0.05) is 0 Å². The summed E-state index contributed by atoms with van der Waals surface area (Å²) >= 11 is 0. The first-order chi connectivity index (χ1) is 12.7. The first-order valence-electron chi connectivity index (χ1n) is 8.08. The molecule has 0 radical (unpaired) electrons. The number of methoxy groups -OCH3 is 1. The van der Waals surface area contributed by atoms with Gasteiger partial charge >= 0.3 is 0 Å². The van der Waals surface area contributed by atoms with Gasteiger partial charge in [0.05, 0.1) is 13.7 Å². The predicted molar refractivity (Wildman–Crippen MR) is 98.7 cm³/mol. The van der Waals surface area contributed by atoms with Crippen LogP contribution in [0.15, 0.2) is 60.9 Å². The molecule has 3 aromatic rings. The number of ether oxygens (including phenoxy) is 2. The van der Waals surface area contributed by atoms with Gasteiger partial charge in [-0.25, -0.2) is 14.4 Å². The Morgan fingerprint density at radius 2 is 1.62 bits per heavy atom. The van der Waals surface area contributed by atoms with Crippen molar-refractivity contribution in [1.29, 1.82) is 0 Å². The zero-order valence-electron chi connectivity index (χ0n) is 14.3. The first-order valence-corrected chi connectivity index (χ1v) is 8.08. The summed E-state index contributed by atoms with van der Waals surface area (Å²) in [5, 5.41) is 6.27. The van der Waals surface area contributed by atoms with Gasteiger partial charge < -0.3 is 20.1 Å². The van der Waals surface area contributed by atoms with Crippen LogP contribution in [0.5, 0.6) is 11.5 Å². The van der Waals surface area contributed by atoms with Crippen molar-refractivity contribution < 1.29 is 13.9 Å². The number of hydrogen-bond acceptors (Lipinski definition) is 6. The van der Waals surface area contributed by atoms with Gasteiger partial charge in [0.15, 0.2) is 0 Å². The molecule has 0 aliphatic rings. The molecule has 1 heterocycles. The van der Waals surface area contributed by atoms with Crippen LogP contribution in [-0.4, -0.2) is 30.2 Å². The van der Waals surface area contributed by atoms with Crippen LogP contribution < -0.4 is 20.1 Å². The molecule has 0 saturated heterocycles.